The molecule has 2 heterocycles. The number of aromatic nitrogens is 2. The van der Waals surface area contributed by atoms with Gasteiger partial charge in [-0.15, -0.1) is 10.2 Å². The zero-order chi connectivity index (χ0) is 29.0. The quantitative estimate of drug-likeness (QED) is 0.309. The minimum Gasteiger partial charge on any atom is -0.508 e. The average molecular weight is 564 g/mol. The fourth-order valence-electron chi connectivity index (χ4n) is 4.68. The maximum Gasteiger partial charge on any atom is 0.416 e. The highest BCUT2D eigenvalue weighted by Crippen LogP contribution is 2.34. The number of benzene rings is 3. The number of alkyl halides is 3. The summed E-state index contributed by atoms with van der Waals surface area (Å²) >= 11 is 0. The SMILES string of the molecule is COc1ccc(NC(=O)c2ccc(N3CCN(Cc4cc(-c5cccc(O)c5)cc(C(F)(F)F)c4)CC3)nn2)cc1. The molecule has 0 aliphatic carbocycles. The van der Waals surface area contributed by atoms with Crippen LogP contribution in [-0.2, 0) is 12.7 Å². The molecule has 2 N–H and O–H groups in total. The van der Waals surface area contributed by atoms with Gasteiger partial charge >= 0.3 is 6.18 Å². The molecule has 0 unspecified atom stereocenters. The zero-order valence-electron chi connectivity index (χ0n) is 22.2. The number of phenols is 1. The molecule has 212 valence electrons. The number of halogens is 3. The molecule has 1 aliphatic heterocycles. The molecule has 5 rings (SSSR count). The molecule has 0 radical (unpaired) electrons. The van der Waals surface area contributed by atoms with Gasteiger partial charge in [-0.05, 0) is 83.4 Å². The first-order valence-corrected chi connectivity index (χ1v) is 12.9. The number of hydrogen-bond donors (Lipinski definition) is 2. The van der Waals surface area contributed by atoms with Crippen molar-refractivity contribution in [1.29, 1.82) is 0 Å². The van der Waals surface area contributed by atoms with E-state index >= 15 is 0 Å². The Morgan fingerprint density at radius 2 is 1.68 bits per heavy atom. The fourth-order valence-corrected chi connectivity index (χ4v) is 4.68. The number of amides is 1. The standard InChI is InChI=1S/C30H28F3N5O3/c1-41-26-7-5-24(6-8-26)34-29(40)27-9-10-28(36-35-27)38-13-11-37(12-14-38)19-20-15-22(17-23(16-20)30(31,32)33)21-3-2-4-25(39)18-21/h2-10,15-18,39H,11-14,19H2,1H3,(H,34,40). The van der Waals surface area contributed by atoms with Gasteiger partial charge in [0.2, 0.25) is 0 Å². The lowest BCUT2D eigenvalue weighted by molar-refractivity contribution is -0.137. The van der Waals surface area contributed by atoms with Crippen LogP contribution in [0, 0.1) is 0 Å². The Kier molecular flexibility index (Phi) is 8.06. The number of hydrogen-bond acceptors (Lipinski definition) is 7. The number of nitrogens with one attached hydrogen (secondary N) is 1. The van der Waals surface area contributed by atoms with E-state index in [0.717, 1.165) is 6.07 Å². The Balaban J connectivity index is 1.21. The summed E-state index contributed by atoms with van der Waals surface area (Å²) in [6, 6.07) is 20.5. The molecule has 0 saturated carbocycles. The lowest BCUT2D eigenvalue weighted by Gasteiger charge is -2.35. The maximum absolute atomic E-state index is 13.7. The molecule has 1 aromatic heterocycles. The monoisotopic (exact) mass is 563 g/mol. The Labute approximate surface area is 235 Å². The second-order valence-corrected chi connectivity index (χ2v) is 9.69. The number of carbonyl (C=O) groups is 1. The van der Waals surface area contributed by atoms with Crippen LogP contribution in [0.15, 0.2) is 78.9 Å². The van der Waals surface area contributed by atoms with Crippen LogP contribution in [0.4, 0.5) is 24.7 Å². The third-order valence-corrected chi connectivity index (χ3v) is 6.83. The second-order valence-electron chi connectivity index (χ2n) is 9.69. The van der Waals surface area contributed by atoms with Crippen LogP contribution in [0.1, 0.15) is 21.6 Å². The molecule has 0 atom stereocenters. The van der Waals surface area contributed by atoms with Crippen molar-refractivity contribution in [1.82, 2.24) is 15.1 Å². The van der Waals surface area contributed by atoms with Gasteiger partial charge in [-0.1, -0.05) is 12.1 Å². The number of aromatic hydroxyl groups is 1. The summed E-state index contributed by atoms with van der Waals surface area (Å²) in [5.74, 6) is 0.910. The van der Waals surface area contributed by atoms with E-state index in [1.807, 2.05) is 4.90 Å². The predicted molar refractivity (Wildman–Crippen MR) is 149 cm³/mol. The van der Waals surface area contributed by atoms with E-state index in [4.69, 9.17) is 4.74 Å². The van der Waals surface area contributed by atoms with Gasteiger partial charge in [0, 0.05) is 38.4 Å². The lowest BCUT2D eigenvalue weighted by Crippen LogP contribution is -2.46. The van der Waals surface area contributed by atoms with Gasteiger partial charge in [-0.2, -0.15) is 13.2 Å². The second kappa shape index (κ2) is 11.8. The molecule has 8 nitrogen and oxygen atoms in total. The lowest BCUT2D eigenvalue weighted by atomic mass is 9.99. The Morgan fingerprint density at radius 1 is 0.927 bits per heavy atom. The zero-order valence-corrected chi connectivity index (χ0v) is 22.2. The van der Waals surface area contributed by atoms with Crippen LogP contribution in [0.3, 0.4) is 0 Å². The molecular weight excluding hydrogens is 535 g/mol. The van der Waals surface area contributed by atoms with Gasteiger partial charge in [0.1, 0.15) is 11.5 Å². The van der Waals surface area contributed by atoms with Crippen molar-refractivity contribution in [2.24, 2.45) is 0 Å². The van der Waals surface area contributed by atoms with Crippen molar-refractivity contribution in [3.05, 3.63) is 95.7 Å². The van der Waals surface area contributed by atoms with Crippen molar-refractivity contribution >= 4 is 17.4 Å². The molecule has 0 bridgehead atoms. The molecular formula is C30H28F3N5O3. The van der Waals surface area contributed by atoms with E-state index in [2.05, 4.69) is 20.4 Å². The minimum atomic E-state index is -4.49. The molecule has 4 aromatic rings. The Hall–Kier alpha value is -4.64. The van der Waals surface area contributed by atoms with Crippen LogP contribution in [0.2, 0.25) is 0 Å². The van der Waals surface area contributed by atoms with Crippen LogP contribution < -0.4 is 15.0 Å². The highest BCUT2D eigenvalue weighted by atomic mass is 19.4. The molecule has 0 spiro atoms. The summed E-state index contributed by atoms with van der Waals surface area (Å²) in [5.41, 5.74) is 1.51. The van der Waals surface area contributed by atoms with Crippen LogP contribution in [-0.4, -0.2) is 59.4 Å². The summed E-state index contributed by atoms with van der Waals surface area (Å²) in [6.07, 6.45) is -4.49. The van der Waals surface area contributed by atoms with E-state index in [1.165, 1.54) is 18.2 Å². The number of ether oxygens (including phenoxy) is 1. The van der Waals surface area contributed by atoms with E-state index in [1.54, 1.807) is 61.7 Å². The molecule has 1 amide bonds. The minimum absolute atomic E-state index is 0.00779. The number of rotatable bonds is 7. The third-order valence-electron chi connectivity index (χ3n) is 6.83. The summed E-state index contributed by atoms with van der Waals surface area (Å²) in [4.78, 5) is 16.7. The van der Waals surface area contributed by atoms with Gasteiger partial charge in [0.25, 0.3) is 5.91 Å². The van der Waals surface area contributed by atoms with Crippen LogP contribution >= 0.6 is 0 Å². The van der Waals surface area contributed by atoms with E-state index in [9.17, 15) is 23.1 Å². The van der Waals surface area contributed by atoms with Gasteiger partial charge in [0.15, 0.2) is 11.5 Å². The highest BCUT2D eigenvalue weighted by molar-refractivity contribution is 6.02. The number of methoxy groups -OCH3 is 1. The average Bonchev–Trinajstić information content (AvgIpc) is 2.97. The highest BCUT2D eigenvalue weighted by Gasteiger charge is 2.31. The molecule has 1 fully saturated rings. The van der Waals surface area contributed by atoms with E-state index in [0.29, 0.717) is 66.7 Å². The van der Waals surface area contributed by atoms with Gasteiger partial charge in [-0.25, -0.2) is 0 Å². The summed E-state index contributed by atoms with van der Waals surface area (Å²) in [7, 11) is 1.57. The smallest absolute Gasteiger partial charge is 0.416 e. The number of phenolic OH excluding ortho intramolecular Hbond substituents is 1. The summed E-state index contributed by atoms with van der Waals surface area (Å²) in [5, 5.41) is 20.9. The number of anilines is 2. The van der Waals surface area contributed by atoms with Gasteiger partial charge in [-0.3, -0.25) is 9.69 Å². The number of nitrogens with zero attached hydrogens (tertiary/aromatic N) is 4. The van der Waals surface area contributed by atoms with Crippen molar-refractivity contribution in [3.63, 3.8) is 0 Å². The molecule has 1 aliphatic rings. The fraction of sp³-hybridized carbons (Fsp3) is 0.233. The summed E-state index contributed by atoms with van der Waals surface area (Å²) in [6.45, 7) is 2.77. The predicted octanol–water partition coefficient (Wildman–Crippen LogP) is 5.45. The molecule has 11 heteroatoms. The molecule has 3 aromatic carbocycles. The molecule has 1 saturated heterocycles. The van der Waals surface area contributed by atoms with Crippen molar-refractivity contribution < 1.29 is 27.8 Å². The maximum atomic E-state index is 13.7. The van der Waals surface area contributed by atoms with Crippen molar-refractivity contribution in [3.8, 4) is 22.6 Å². The largest absolute Gasteiger partial charge is 0.508 e. The third kappa shape index (κ3) is 6.93. The topological polar surface area (TPSA) is 90.8 Å². The normalized spacial score (nSPS) is 14.1. The molecule has 41 heavy (non-hydrogen) atoms. The first-order valence-electron chi connectivity index (χ1n) is 12.9. The number of piperazine rings is 1. The van der Waals surface area contributed by atoms with Crippen LogP contribution in [0.25, 0.3) is 11.1 Å². The Bertz CT molecular complexity index is 1500. The Morgan fingerprint density at radius 3 is 2.32 bits per heavy atom. The number of carbonyl (C=O) groups excluding carboxylic acids is 1. The van der Waals surface area contributed by atoms with Crippen molar-refractivity contribution in [2.45, 2.75) is 12.7 Å². The summed E-state index contributed by atoms with van der Waals surface area (Å²) < 4.78 is 46.1. The van der Waals surface area contributed by atoms with Gasteiger partial charge in [0.05, 0.1) is 12.7 Å². The van der Waals surface area contributed by atoms with Gasteiger partial charge < -0.3 is 20.1 Å². The van der Waals surface area contributed by atoms with Crippen molar-refractivity contribution in [2.75, 3.05) is 43.5 Å². The van der Waals surface area contributed by atoms with Crippen LogP contribution in [0.5, 0.6) is 11.5 Å². The first kappa shape index (κ1) is 27.9. The first-order chi connectivity index (χ1) is 19.7. The van der Waals surface area contributed by atoms with E-state index in [-0.39, 0.29) is 17.4 Å². The van der Waals surface area contributed by atoms with E-state index < -0.39 is 11.7 Å².